The SMILES string of the molecule is O=C1c2ccccc2CCC1Oc1cccc2ccccc12. The summed E-state index contributed by atoms with van der Waals surface area (Å²) >= 11 is 0. The van der Waals surface area contributed by atoms with Crippen molar-refractivity contribution in [1.29, 1.82) is 0 Å². The summed E-state index contributed by atoms with van der Waals surface area (Å²) in [7, 11) is 0. The van der Waals surface area contributed by atoms with Crippen LogP contribution >= 0.6 is 0 Å². The van der Waals surface area contributed by atoms with Crippen molar-refractivity contribution in [2.24, 2.45) is 0 Å². The average Bonchev–Trinajstić information content (AvgIpc) is 2.58. The Kier molecular flexibility index (Phi) is 3.15. The zero-order valence-electron chi connectivity index (χ0n) is 12.2. The van der Waals surface area contributed by atoms with E-state index in [1.807, 2.05) is 54.6 Å². The number of hydrogen-bond acceptors (Lipinski definition) is 2. The van der Waals surface area contributed by atoms with Gasteiger partial charge in [0.15, 0.2) is 6.10 Å². The maximum Gasteiger partial charge on any atom is 0.203 e. The van der Waals surface area contributed by atoms with Crippen molar-refractivity contribution in [2.45, 2.75) is 18.9 Å². The Bertz CT molecular complexity index is 846. The van der Waals surface area contributed by atoms with Gasteiger partial charge in [-0.25, -0.2) is 0 Å². The molecule has 0 radical (unpaired) electrons. The molecule has 1 aliphatic carbocycles. The molecule has 0 N–H and O–H groups in total. The van der Waals surface area contributed by atoms with Crippen molar-refractivity contribution in [3.05, 3.63) is 77.9 Å². The van der Waals surface area contributed by atoms with E-state index in [1.165, 1.54) is 0 Å². The van der Waals surface area contributed by atoms with E-state index in [1.54, 1.807) is 0 Å². The maximum atomic E-state index is 12.6. The van der Waals surface area contributed by atoms with Gasteiger partial charge in [0.1, 0.15) is 5.75 Å². The van der Waals surface area contributed by atoms with Gasteiger partial charge in [-0.2, -0.15) is 0 Å². The van der Waals surface area contributed by atoms with Gasteiger partial charge in [0.05, 0.1) is 0 Å². The van der Waals surface area contributed by atoms with Crippen molar-refractivity contribution in [2.75, 3.05) is 0 Å². The highest BCUT2D eigenvalue weighted by atomic mass is 16.5. The number of aryl methyl sites for hydroxylation is 1. The molecule has 3 aromatic rings. The standard InChI is InChI=1S/C20H16O2/c21-20-17-10-4-2-7-15(17)12-13-19(20)22-18-11-5-8-14-6-1-3-9-16(14)18/h1-11,19H,12-13H2. The van der Waals surface area contributed by atoms with Gasteiger partial charge < -0.3 is 4.74 Å². The lowest BCUT2D eigenvalue weighted by Crippen LogP contribution is -2.32. The average molecular weight is 288 g/mol. The van der Waals surface area contributed by atoms with Crippen LogP contribution in [0.4, 0.5) is 0 Å². The molecule has 2 heteroatoms. The number of Topliss-reactive ketones (excluding diaryl/α,β-unsaturated/α-hetero) is 1. The highest BCUT2D eigenvalue weighted by Gasteiger charge is 2.28. The zero-order valence-corrected chi connectivity index (χ0v) is 12.2. The van der Waals surface area contributed by atoms with Gasteiger partial charge in [-0.15, -0.1) is 0 Å². The second-order valence-corrected chi connectivity index (χ2v) is 5.64. The molecule has 108 valence electrons. The van der Waals surface area contributed by atoms with E-state index in [2.05, 4.69) is 12.1 Å². The van der Waals surface area contributed by atoms with Gasteiger partial charge in [0, 0.05) is 10.9 Å². The molecule has 0 heterocycles. The summed E-state index contributed by atoms with van der Waals surface area (Å²) in [5, 5.41) is 2.18. The number of ketones is 1. The normalized spacial score (nSPS) is 17.3. The van der Waals surface area contributed by atoms with E-state index in [0.29, 0.717) is 0 Å². The van der Waals surface area contributed by atoms with Gasteiger partial charge >= 0.3 is 0 Å². The third-order valence-electron chi connectivity index (χ3n) is 4.27. The van der Waals surface area contributed by atoms with Crippen molar-refractivity contribution < 1.29 is 9.53 Å². The molecular weight excluding hydrogens is 272 g/mol. The van der Waals surface area contributed by atoms with Gasteiger partial charge in [-0.05, 0) is 29.9 Å². The van der Waals surface area contributed by atoms with Gasteiger partial charge in [0.2, 0.25) is 5.78 Å². The second kappa shape index (κ2) is 5.30. The second-order valence-electron chi connectivity index (χ2n) is 5.64. The topological polar surface area (TPSA) is 26.3 Å². The van der Waals surface area contributed by atoms with Crippen molar-refractivity contribution >= 4 is 16.6 Å². The van der Waals surface area contributed by atoms with Crippen LogP contribution in [-0.2, 0) is 6.42 Å². The van der Waals surface area contributed by atoms with Gasteiger partial charge in [0.25, 0.3) is 0 Å². The molecule has 22 heavy (non-hydrogen) atoms. The molecule has 1 atom stereocenters. The molecule has 0 aromatic heterocycles. The van der Waals surface area contributed by atoms with Gasteiger partial charge in [-0.3, -0.25) is 4.79 Å². The maximum absolute atomic E-state index is 12.6. The molecule has 1 unspecified atom stereocenters. The predicted octanol–water partition coefficient (Wildman–Crippen LogP) is 4.42. The Morgan fingerprint density at radius 2 is 1.64 bits per heavy atom. The van der Waals surface area contributed by atoms with Crippen LogP contribution in [-0.4, -0.2) is 11.9 Å². The molecule has 0 amide bonds. The fourth-order valence-electron chi connectivity index (χ4n) is 3.13. The Morgan fingerprint density at radius 3 is 2.59 bits per heavy atom. The molecule has 0 bridgehead atoms. The minimum absolute atomic E-state index is 0.0924. The van der Waals surface area contributed by atoms with E-state index in [0.717, 1.165) is 40.5 Å². The minimum Gasteiger partial charge on any atom is -0.482 e. The van der Waals surface area contributed by atoms with Crippen molar-refractivity contribution in [3.63, 3.8) is 0 Å². The van der Waals surface area contributed by atoms with Crippen LogP contribution in [0.2, 0.25) is 0 Å². The number of rotatable bonds is 2. The van der Waals surface area contributed by atoms with E-state index in [-0.39, 0.29) is 11.9 Å². The first kappa shape index (κ1) is 13.1. The van der Waals surface area contributed by atoms with E-state index in [9.17, 15) is 4.79 Å². The number of hydrogen-bond donors (Lipinski definition) is 0. The minimum atomic E-state index is -0.388. The molecule has 2 nitrogen and oxygen atoms in total. The van der Waals surface area contributed by atoms with Crippen LogP contribution in [0, 0.1) is 0 Å². The summed E-state index contributed by atoms with van der Waals surface area (Å²) in [4.78, 5) is 12.6. The first-order chi connectivity index (χ1) is 10.8. The smallest absolute Gasteiger partial charge is 0.203 e. The van der Waals surface area contributed by atoms with E-state index in [4.69, 9.17) is 4.74 Å². The zero-order chi connectivity index (χ0) is 14.9. The van der Waals surface area contributed by atoms with Crippen LogP contribution in [0.1, 0.15) is 22.3 Å². The number of carbonyl (C=O) groups is 1. The Morgan fingerprint density at radius 1 is 0.864 bits per heavy atom. The van der Waals surface area contributed by atoms with Crippen LogP contribution < -0.4 is 4.74 Å². The molecule has 3 aromatic carbocycles. The monoisotopic (exact) mass is 288 g/mol. The van der Waals surface area contributed by atoms with Crippen molar-refractivity contribution in [3.8, 4) is 5.75 Å². The molecule has 4 rings (SSSR count). The lowest BCUT2D eigenvalue weighted by molar-refractivity contribution is 0.0765. The molecule has 0 saturated heterocycles. The molecular formula is C20H16O2. The third kappa shape index (κ3) is 2.17. The summed E-state index contributed by atoms with van der Waals surface area (Å²) < 4.78 is 6.09. The Labute approximate surface area is 129 Å². The number of benzene rings is 3. The van der Waals surface area contributed by atoms with Crippen molar-refractivity contribution in [1.82, 2.24) is 0 Å². The highest BCUT2D eigenvalue weighted by Crippen LogP contribution is 2.29. The first-order valence-corrected chi connectivity index (χ1v) is 7.59. The summed E-state index contributed by atoms with van der Waals surface area (Å²) in [6, 6.07) is 21.9. The Balaban J connectivity index is 1.68. The molecule has 0 fully saturated rings. The number of carbonyl (C=O) groups excluding carboxylic acids is 1. The lowest BCUT2D eigenvalue weighted by Gasteiger charge is -2.24. The van der Waals surface area contributed by atoms with Crippen LogP contribution in [0.15, 0.2) is 66.7 Å². The van der Waals surface area contributed by atoms with Crippen LogP contribution in [0.3, 0.4) is 0 Å². The first-order valence-electron chi connectivity index (χ1n) is 7.59. The quantitative estimate of drug-likeness (QED) is 0.698. The largest absolute Gasteiger partial charge is 0.482 e. The van der Waals surface area contributed by atoms with Crippen LogP contribution in [0.5, 0.6) is 5.75 Å². The van der Waals surface area contributed by atoms with E-state index < -0.39 is 0 Å². The number of fused-ring (bicyclic) bond motifs is 2. The summed E-state index contributed by atoms with van der Waals surface area (Å²) in [6.07, 6.45) is 1.23. The van der Waals surface area contributed by atoms with Crippen LogP contribution in [0.25, 0.3) is 10.8 Å². The lowest BCUT2D eigenvalue weighted by atomic mass is 9.88. The fourth-order valence-corrected chi connectivity index (χ4v) is 3.13. The molecule has 0 aliphatic heterocycles. The summed E-state index contributed by atoms with van der Waals surface area (Å²) in [5.41, 5.74) is 1.93. The molecule has 0 spiro atoms. The summed E-state index contributed by atoms with van der Waals surface area (Å²) in [6.45, 7) is 0. The number of ether oxygens (including phenoxy) is 1. The molecule has 1 aliphatic rings. The van der Waals surface area contributed by atoms with Gasteiger partial charge in [-0.1, -0.05) is 60.7 Å². The predicted molar refractivity (Wildman–Crippen MR) is 87.5 cm³/mol. The third-order valence-corrected chi connectivity index (χ3v) is 4.27. The summed E-state index contributed by atoms with van der Waals surface area (Å²) in [5.74, 6) is 0.880. The Hall–Kier alpha value is -2.61. The highest BCUT2D eigenvalue weighted by molar-refractivity contribution is 6.02. The van der Waals surface area contributed by atoms with E-state index >= 15 is 0 Å². The fraction of sp³-hybridized carbons (Fsp3) is 0.150. The molecule has 0 saturated carbocycles.